The molecule has 2 unspecified atom stereocenters. The number of amides is 1. The third-order valence-electron chi connectivity index (χ3n) is 3.46. The highest BCUT2D eigenvalue weighted by atomic mass is 35.7. The summed E-state index contributed by atoms with van der Waals surface area (Å²) in [7, 11) is 2.93. The number of halogens is 1. The van der Waals surface area contributed by atoms with Gasteiger partial charge in [-0.2, -0.15) is 8.42 Å². The second-order valence-corrected chi connectivity index (χ2v) is 6.81. The lowest BCUT2D eigenvalue weighted by Crippen LogP contribution is -2.66. The second kappa shape index (κ2) is 3.85. The van der Waals surface area contributed by atoms with Crippen molar-refractivity contribution in [2.75, 3.05) is 7.11 Å². The highest BCUT2D eigenvalue weighted by Crippen LogP contribution is 2.46. The first-order chi connectivity index (χ1) is 7.39. The van der Waals surface area contributed by atoms with E-state index in [2.05, 4.69) is 0 Å². The molecule has 0 radical (unpaired) electrons. The molecule has 1 spiro atoms. The molecule has 2 aliphatic rings. The molecule has 1 aliphatic heterocycles. The molecular formula is C9H14ClNO4S. The van der Waals surface area contributed by atoms with Crippen LogP contribution in [0.25, 0.3) is 0 Å². The van der Waals surface area contributed by atoms with Gasteiger partial charge in [0.05, 0.1) is 18.1 Å². The summed E-state index contributed by atoms with van der Waals surface area (Å²) in [5.74, 6) is -0.410. The molecule has 1 aliphatic carbocycles. The van der Waals surface area contributed by atoms with E-state index in [4.69, 9.17) is 15.4 Å². The topological polar surface area (TPSA) is 63.7 Å². The van der Waals surface area contributed by atoms with Crippen LogP contribution in [0.4, 0.5) is 0 Å². The Hall–Kier alpha value is -0.330. The zero-order chi connectivity index (χ0) is 12.0. The highest BCUT2D eigenvalue weighted by Gasteiger charge is 2.57. The minimum Gasteiger partial charge on any atom is -0.381 e. The van der Waals surface area contributed by atoms with E-state index in [0.717, 1.165) is 17.1 Å². The number of hydrogen-bond acceptors (Lipinski definition) is 4. The first-order valence-corrected chi connectivity index (χ1v) is 7.46. The van der Waals surface area contributed by atoms with Gasteiger partial charge in [0.2, 0.25) is 5.91 Å². The molecule has 5 nitrogen and oxygen atoms in total. The first kappa shape index (κ1) is 12.1. The van der Waals surface area contributed by atoms with Crippen LogP contribution in [0.2, 0.25) is 0 Å². The summed E-state index contributed by atoms with van der Waals surface area (Å²) in [6.07, 6.45) is 3.28. The summed E-state index contributed by atoms with van der Waals surface area (Å²) < 4.78 is 28.7. The Labute approximate surface area is 99.2 Å². The van der Waals surface area contributed by atoms with Crippen LogP contribution in [0.5, 0.6) is 0 Å². The van der Waals surface area contributed by atoms with Crippen molar-refractivity contribution < 1.29 is 17.9 Å². The molecule has 0 aromatic carbocycles. The van der Waals surface area contributed by atoms with Gasteiger partial charge in [-0.25, -0.2) is 4.31 Å². The van der Waals surface area contributed by atoms with Crippen molar-refractivity contribution in [3.8, 4) is 0 Å². The fourth-order valence-corrected chi connectivity index (χ4v) is 4.46. The molecule has 0 N–H and O–H groups in total. The van der Waals surface area contributed by atoms with Crippen LogP contribution in [0.15, 0.2) is 0 Å². The Morgan fingerprint density at radius 2 is 2.25 bits per heavy atom. The number of nitrogens with zero attached hydrogens (tertiary/aromatic N) is 1. The van der Waals surface area contributed by atoms with Crippen molar-refractivity contribution >= 4 is 25.8 Å². The Morgan fingerprint density at radius 1 is 1.56 bits per heavy atom. The van der Waals surface area contributed by atoms with Crippen molar-refractivity contribution in [1.29, 1.82) is 0 Å². The number of carbonyl (C=O) groups excluding carboxylic acids is 1. The third kappa shape index (κ3) is 1.83. The smallest absolute Gasteiger partial charge is 0.324 e. The minimum atomic E-state index is -3.95. The van der Waals surface area contributed by atoms with Gasteiger partial charge in [-0.15, -0.1) is 0 Å². The predicted molar refractivity (Wildman–Crippen MR) is 58.2 cm³/mol. The van der Waals surface area contributed by atoms with Crippen LogP contribution >= 0.6 is 10.7 Å². The molecule has 1 saturated heterocycles. The summed E-state index contributed by atoms with van der Waals surface area (Å²) in [5, 5.41) is 0. The molecule has 0 aromatic heterocycles. The van der Waals surface area contributed by atoms with Gasteiger partial charge >= 0.3 is 9.24 Å². The van der Waals surface area contributed by atoms with E-state index in [1.54, 1.807) is 7.11 Å². The largest absolute Gasteiger partial charge is 0.381 e. The molecule has 2 fully saturated rings. The SMILES string of the molecule is COC1CCCC2(CC(=O)N2S(=O)(=O)Cl)C1. The fourth-order valence-electron chi connectivity index (χ4n) is 2.78. The number of methoxy groups -OCH3 is 1. The van der Waals surface area contributed by atoms with Crippen LogP contribution in [-0.2, 0) is 18.8 Å². The molecule has 2 atom stereocenters. The van der Waals surface area contributed by atoms with Crippen molar-refractivity contribution in [1.82, 2.24) is 4.31 Å². The van der Waals surface area contributed by atoms with Gasteiger partial charge in [0.15, 0.2) is 0 Å². The Balaban J connectivity index is 2.23. The second-order valence-electron chi connectivity index (χ2n) is 4.46. The van der Waals surface area contributed by atoms with E-state index in [0.29, 0.717) is 12.8 Å². The lowest BCUT2D eigenvalue weighted by atomic mass is 9.73. The molecule has 7 heteroatoms. The van der Waals surface area contributed by atoms with Crippen LogP contribution in [0, 0.1) is 0 Å². The van der Waals surface area contributed by atoms with Gasteiger partial charge in [0.25, 0.3) is 0 Å². The lowest BCUT2D eigenvalue weighted by molar-refractivity contribution is -0.150. The summed E-state index contributed by atoms with van der Waals surface area (Å²) in [4.78, 5) is 11.4. The van der Waals surface area contributed by atoms with Gasteiger partial charge in [0.1, 0.15) is 0 Å². The standard InChI is InChI=1S/C9H14ClNO4S/c1-15-7-3-2-4-9(5-7)6-8(12)11(9)16(10,13)14/h7H,2-6H2,1H3. The number of hydrogen-bond donors (Lipinski definition) is 0. The van der Waals surface area contributed by atoms with Gasteiger partial charge in [-0.3, -0.25) is 4.79 Å². The molecule has 1 amide bonds. The van der Waals surface area contributed by atoms with E-state index in [1.807, 2.05) is 0 Å². The Bertz CT molecular complexity index is 410. The molecular weight excluding hydrogens is 254 g/mol. The van der Waals surface area contributed by atoms with E-state index >= 15 is 0 Å². The molecule has 92 valence electrons. The maximum atomic E-state index is 11.4. The van der Waals surface area contributed by atoms with E-state index in [1.165, 1.54) is 0 Å². The monoisotopic (exact) mass is 267 g/mol. The number of carbonyl (C=O) groups is 1. The van der Waals surface area contributed by atoms with Crippen LogP contribution < -0.4 is 0 Å². The average molecular weight is 268 g/mol. The van der Waals surface area contributed by atoms with Crippen LogP contribution in [0.1, 0.15) is 32.1 Å². The summed E-state index contributed by atoms with van der Waals surface area (Å²) >= 11 is 0. The predicted octanol–water partition coefficient (Wildman–Crippen LogP) is 1.03. The van der Waals surface area contributed by atoms with Crippen molar-refractivity contribution in [2.24, 2.45) is 0 Å². The molecule has 0 bridgehead atoms. The third-order valence-corrected chi connectivity index (χ3v) is 4.91. The van der Waals surface area contributed by atoms with Crippen LogP contribution in [0.3, 0.4) is 0 Å². The quantitative estimate of drug-likeness (QED) is 0.554. The Kier molecular flexibility index (Phi) is 2.92. The molecule has 1 saturated carbocycles. The first-order valence-electron chi connectivity index (χ1n) is 5.20. The maximum absolute atomic E-state index is 11.4. The van der Waals surface area contributed by atoms with Gasteiger partial charge in [-0.1, -0.05) is 0 Å². The van der Waals surface area contributed by atoms with Gasteiger partial charge < -0.3 is 4.74 Å². The summed E-state index contributed by atoms with van der Waals surface area (Å²) in [6, 6.07) is 0. The van der Waals surface area contributed by atoms with Crippen molar-refractivity contribution in [3.63, 3.8) is 0 Å². The molecule has 2 rings (SSSR count). The van der Waals surface area contributed by atoms with E-state index in [-0.39, 0.29) is 12.5 Å². The normalized spacial score (nSPS) is 35.2. The van der Waals surface area contributed by atoms with E-state index in [9.17, 15) is 13.2 Å². The van der Waals surface area contributed by atoms with Crippen LogP contribution in [-0.4, -0.2) is 37.4 Å². The zero-order valence-corrected chi connectivity index (χ0v) is 10.6. The van der Waals surface area contributed by atoms with E-state index < -0.39 is 20.7 Å². The zero-order valence-electron chi connectivity index (χ0n) is 8.98. The maximum Gasteiger partial charge on any atom is 0.324 e. The average Bonchev–Trinajstić information content (AvgIpc) is 2.14. The highest BCUT2D eigenvalue weighted by molar-refractivity contribution is 8.12. The molecule has 16 heavy (non-hydrogen) atoms. The van der Waals surface area contributed by atoms with Crippen molar-refractivity contribution in [3.05, 3.63) is 0 Å². The summed E-state index contributed by atoms with van der Waals surface area (Å²) in [5.41, 5.74) is -0.614. The minimum absolute atomic E-state index is 0.0165. The number of β-lactam (4-membered cyclic amide) rings is 1. The molecule has 1 heterocycles. The number of ether oxygens (including phenoxy) is 1. The summed E-state index contributed by atoms with van der Waals surface area (Å²) in [6.45, 7) is 0. The lowest BCUT2D eigenvalue weighted by Gasteiger charge is -2.52. The van der Waals surface area contributed by atoms with Gasteiger partial charge in [0, 0.05) is 17.8 Å². The Morgan fingerprint density at radius 3 is 2.75 bits per heavy atom. The number of rotatable bonds is 2. The van der Waals surface area contributed by atoms with Crippen molar-refractivity contribution in [2.45, 2.75) is 43.7 Å². The van der Waals surface area contributed by atoms with Gasteiger partial charge in [-0.05, 0) is 25.7 Å². The molecule has 0 aromatic rings. The fraction of sp³-hybridized carbons (Fsp3) is 0.889.